The second-order valence-electron chi connectivity index (χ2n) is 8.90. The highest BCUT2D eigenvalue weighted by Crippen LogP contribution is 2.28. The molecule has 0 unspecified atom stereocenters. The molecule has 1 saturated heterocycles. The molecule has 4 aromatic rings. The average Bonchev–Trinajstić information content (AvgIpc) is 3.41. The van der Waals surface area contributed by atoms with Crippen molar-refractivity contribution in [3.63, 3.8) is 0 Å². The summed E-state index contributed by atoms with van der Waals surface area (Å²) in [7, 11) is 0. The lowest BCUT2D eigenvalue weighted by atomic mass is 10.0. The molecule has 5 rings (SSSR count). The van der Waals surface area contributed by atoms with Gasteiger partial charge < -0.3 is 14.7 Å². The normalized spacial score (nSPS) is 15.9. The molecule has 1 fully saturated rings. The quantitative estimate of drug-likeness (QED) is 0.251. The van der Waals surface area contributed by atoms with Crippen molar-refractivity contribution in [1.82, 2.24) is 9.88 Å². The van der Waals surface area contributed by atoms with Crippen LogP contribution in [0.4, 0.5) is 0 Å². The average molecular weight is 499 g/mol. The van der Waals surface area contributed by atoms with E-state index < -0.39 is 0 Å². The van der Waals surface area contributed by atoms with Gasteiger partial charge in [-0.25, -0.2) is 4.98 Å². The first-order valence-electron chi connectivity index (χ1n) is 12.1. The van der Waals surface area contributed by atoms with E-state index in [4.69, 9.17) is 16.3 Å². The Balaban J connectivity index is 1.37. The number of amides is 1. The third kappa shape index (κ3) is 5.43. The molecule has 2 heterocycles. The summed E-state index contributed by atoms with van der Waals surface area (Å²) < 4.78 is 5.98. The van der Waals surface area contributed by atoms with Crippen LogP contribution in [0.3, 0.4) is 0 Å². The number of benzene rings is 3. The van der Waals surface area contributed by atoms with Crippen molar-refractivity contribution in [1.29, 1.82) is 0 Å². The molecule has 1 aromatic heterocycles. The van der Waals surface area contributed by atoms with Crippen molar-refractivity contribution in [2.45, 2.75) is 25.5 Å². The molecule has 1 aliphatic heterocycles. The topological polar surface area (TPSA) is 62.7 Å². The van der Waals surface area contributed by atoms with Gasteiger partial charge in [0, 0.05) is 22.5 Å². The molecule has 5 nitrogen and oxygen atoms in total. The fourth-order valence-electron chi connectivity index (χ4n) is 4.52. The van der Waals surface area contributed by atoms with E-state index in [1.807, 2.05) is 78.9 Å². The largest absolute Gasteiger partial charge is 0.487 e. The lowest BCUT2D eigenvalue weighted by Crippen LogP contribution is -2.38. The van der Waals surface area contributed by atoms with Crippen LogP contribution in [-0.4, -0.2) is 40.1 Å². The van der Waals surface area contributed by atoms with E-state index in [1.54, 1.807) is 17.0 Å². The molecule has 1 atom stereocenters. The van der Waals surface area contributed by atoms with Gasteiger partial charge in [-0.1, -0.05) is 60.1 Å². The lowest BCUT2D eigenvalue weighted by Gasteiger charge is -2.24. The van der Waals surface area contributed by atoms with Crippen molar-refractivity contribution < 1.29 is 14.6 Å². The third-order valence-electron chi connectivity index (χ3n) is 6.47. The summed E-state index contributed by atoms with van der Waals surface area (Å²) in [6, 6.07) is 26.8. The van der Waals surface area contributed by atoms with Crippen molar-refractivity contribution in [3.8, 4) is 5.75 Å². The monoisotopic (exact) mass is 498 g/mol. The number of nitrogens with zero attached hydrogens (tertiary/aromatic N) is 2. The minimum atomic E-state index is -0.150. The van der Waals surface area contributed by atoms with Crippen molar-refractivity contribution in [2.24, 2.45) is 0 Å². The van der Waals surface area contributed by atoms with E-state index in [2.05, 4.69) is 4.98 Å². The smallest absolute Gasteiger partial charge is 0.254 e. The molecule has 0 saturated carbocycles. The summed E-state index contributed by atoms with van der Waals surface area (Å²) in [4.78, 5) is 20.0. The van der Waals surface area contributed by atoms with Gasteiger partial charge in [0.15, 0.2) is 0 Å². The molecule has 0 radical (unpaired) electrons. The molecule has 0 bridgehead atoms. The van der Waals surface area contributed by atoms with Crippen LogP contribution in [0.15, 0.2) is 84.9 Å². The number of halogens is 1. The summed E-state index contributed by atoms with van der Waals surface area (Å²) in [5.74, 6) is 0.608. The Kier molecular flexibility index (Phi) is 7.31. The number of aliphatic hydroxyl groups is 1. The maximum absolute atomic E-state index is 13.6. The molecule has 1 N–H and O–H groups in total. The van der Waals surface area contributed by atoms with Crippen LogP contribution in [0.5, 0.6) is 5.75 Å². The van der Waals surface area contributed by atoms with Crippen LogP contribution in [0, 0.1) is 0 Å². The molecular formula is C30H27ClN2O3. The van der Waals surface area contributed by atoms with Crippen LogP contribution >= 0.6 is 11.6 Å². The molecule has 0 spiro atoms. The number of likely N-dealkylation sites (tertiary alicyclic amines) is 1. The number of carbonyl (C=O) groups is 1. The highest BCUT2D eigenvalue weighted by Gasteiger charge is 2.30. The second-order valence-corrected chi connectivity index (χ2v) is 9.33. The molecule has 182 valence electrons. The van der Waals surface area contributed by atoms with E-state index in [0.29, 0.717) is 29.5 Å². The van der Waals surface area contributed by atoms with Crippen LogP contribution in [0.2, 0.25) is 5.02 Å². The number of fused-ring (bicyclic) bond motifs is 1. The molecule has 1 aliphatic rings. The summed E-state index contributed by atoms with van der Waals surface area (Å²) in [5.41, 5.74) is 4.02. The Morgan fingerprint density at radius 3 is 2.58 bits per heavy atom. The maximum Gasteiger partial charge on any atom is 0.254 e. The Morgan fingerprint density at radius 1 is 1.03 bits per heavy atom. The first kappa shape index (κ1) is 24.0. The zero-order valence-electron chi connectivity index (χ0n) is 19.8. The number of rotatable bonds is 7. The highest BCUT2D eigenvalue weighted by molar-refractivity contribution is 6.30. The summed E-state index contributed by atoms with van der Waals surface area (Å²) in [5, 5.41) is 11.5. The number of aromatic nitrogens is 1. The van der Waals surface area contributed by atoms with Gasteiger partial charge >= 0.3 is 0 Å². The van der Waals surface area contributed by atoms with E-state index in [-0.39, 0.29) is 18.6 Å². The molecular weight excluding hydrogens is 472 g/mol. The van der Waals surface area contributed by atoms with Crippen molar-refractivity contribution >= 4 is 40.1 Å². The van der Waals surface area contributed by atoms with Gasteiger partial charge in [-0.05, 0) is 66.4 Å². The van der Waals surface area contributed by atoms with Gasteiger partial charge in [-0.2, -0.15) is 0 Å². The molecule has 1 amide bonds. The first-order chi connectivity index (χ1) is 17.6. The predicted octanol–water partition coefficient (Wildman–Crippen LogP) is 5.99. The van der Waals surface area contributed by atoms with Crippen molar-refractivity contribution in [3.05, 3.63) is 107 Å². The zero-order chi connectivity index (χ0) is 24.9. The lowest BCUT2D eigenvalue weighted by molar-refractivity contribution is -0.126. The molecule has 3 aromatic carbocycles. The summed E-state index contributed by atoms with van der Waals surface area (Å²) >= 11 is 6.05. The van der Waals surface area contributed by atoms with Gasteiger partial charge in [0.2, 0.25) is 0 Å². The standard InChI is InChI=1S/C30H27ClN2O3/c31-24-12-7-21(8-13-24)18-28(30(35)33-17-3-5-26(33)19-34)22-10-15-27(16-11-22)36-20-25-14-9-23-4-1-2-6-29(23)32-25/h1-2,4,6-16,18,26,34H,3,5,17,19-20H2/b28-18+/t26-/m0/s1. The highest BCUT2D eigenvalue weighted by atomic mass is 35.5. The number of hydrogen-bond acceptors (Lipinski definition) is 4. The van der Waals surface area contributed by atoms with Crippen LogP contribution < -0.4 is 4.74 Å². The van der Waals surface area contributed by atoms with Crippen molar-refractivity contribution in [2.75, 3.05) is 13.2 Å². The number of carbonyl (C=O) groups excluding carboxylic acids is 1. The third-order valence-corrected chi connectivity index (χ3v) is 6.72. The predicted molar refractivity (Wildman–Crippen MR) is 144 cm³/mol. The Bertz CT molecular complexity index is 1380. The van der Waals surface area contributed by atoms with Gasteiger partial charge in [0.1, 0.15) is 12.4 Å². The van der Waals surface area contributed by atoms with Gasteiger partial charge in [-0.3, -0.25) is 4.79 Å². The second kappa shape index (κ2) is 10.9. The van der Waals surface area contributed by atoms with Gasteiger partial charge in [0.25, 0.3) is 5.91 Å². The van der Waals surface area contributed by atoms with Crippen LogP contribution in [0.1, 0.15) is 29.7 Å². The van der Waals surface area contributed by atoms with Gasteiger partial charge in [0.05, 0.1) is 23.9 Å². The van der Waals surface area contributed by atoms with E-state index in [1.165, 1.54) is 0 Å². The van der Waals surface area contributed by atoms with Crippen LogP contribution in [0.25, 0.3) is 22.6 Å². The Labute approximate surface area is 215 Å². The number of pyridine rings is 1. The van der Waals surface area contributed by atoms with E-state index in [0.717, 1.165) is 40.6 Å². The minimum Gasteiger partial charge on any atom is -0.487 e. The van der Waals surface area contributed by atoms with E-state index >= 15 is 0 Å². The van der Waals surface area contributed by atoms with E-state index in [9.17, 15) is 9.90 Å². The van der Waals surface area contributed by atoms with Gasteiger partial charge in [-0.15, -0.1) is 0 Å². The molecule has 36 heavy (non-hydrogen) atoms. The Morgan fingerprint density at radius 2 is 1.81 bits per heavy atom. The SMILES string of the molecule is O=C(/C(=C/c1ccc(Cl)cc1)c1ccc(OCc2ccc3ccccc3n2)cc1)N1CCC[C@H]1CO. The summed E-state index contributed by atoms with van der Waals surface area (Å²) in [6.07, 6.45) is 3.58. The fraction of sp³-hybridized carbons (Fsp3) is 0.200. The fourth-order valence-corrected chi connectivity index (χ4v) is 4.64. The Hall–Kier alpha value is -3.67. The summed E-state index contributed by atoms with van der Waals surface area (Å²) in [6.45, 7) is 0.958. The zero-order valence-corrected chi connectivity index (χ0v) is 20.6. The number of aliphatic hydroxyl groups excluding tert-OH is 1. The molecule has 0 aliphatic carbocycles. The number of para-hydroxylation sites is 1. The first-order valence-corrected chi connectivity index (χ1v) is 12.5. The minimum absolute atomic E-state index is 0.0322. The molecule has 6 heteroatoms. The maximum atomic E-state index is 13.6. The number of ether oxygens (including phenoxy) is 1. The number of hydrogen-bond donors (Lipinski definition) is 1. The van der Waals surface area contributed by atoms with Crippen LogP contribution in [-0.2, 0) is 11.4 Å².